The zero-order valence-corrected chi connectivity index (χ0v) is 5.72. The van der Waals surface area contributed by atoms with Crippen molar-refractivity contribution in [3.05, 3.63) is 6.54 Å². The SMILES string of the molecule is CN1C[CH]N=C1OC(F)(F)F. The summed E-state index contributed by atoms with van der Waals surface area (Å²) in [5.74, 6) is 0. The van der Waals surface area contributed by atoms with Crippen molar-refractivity contribution in [3.63, 3.8) is 0 Å². The van der Waals surface area contributed by atoms with Gasteiger partial charge >= 0.3 is 6.36 Å². The minimum absolute atomic E-state index is 0.353. The second-order valence-electron chi connectivity index (χ2n) is 2.02. The molecule has 1 rings (SSSR count). The number of amidine groups is 1. The van der Waals surface area contributed by atoms with Gasteiger partial charge in [-0.15, -0.1) is 13.2 Å². The number of hydrogen-bond acceptors (Lipinski definition) is 3. The van der Waals surface area contributed by atoms with Gasteiger partial charge in [0.25, 0.3) is 6.02 Å². The van der Waals surface area contributed by atoms with Crippen molar-refractivity contribution in [1.29, 1.82) is 0 Å². The normalized spacial score (nSPS) is 18.5. The molecule has 0 saturated heterocycles. The minimum atomic E-state index is -4.65. The maximum Gasteiger partial charge on any atom is 0.575 e. The first-order valence-corrected chi connectivity index (χ1v) is 2.85. The molecule has 0 atom stereocenters. The molecule has 0 amide bonds. The highest BCUT2D eigenvalue weighted by atomic mass is 19.4. The Morgan fingerprint density at radius 3 is 2.64 bits per heavy atom. The summed E-state index contributed by atoms with van der Waals surface area (Å²) in [4.78, 5) is 4.63. The number of alkyl halides is 3. The van der Waals surface area contributed by atoms with Gasteiger partial charge in [0.1, 0.15) is 0 Å². The average Bonchev–Trinajstić information content (AvgIpc) is 2.12. The van der Waals surface area contributed by atoms with E-state index in [1.807, 2.05) is 0 Å². The van der Waals surface area contributed by atoms with E-state index < -0.39 is 12.4 Å². The molecule has 6 heteroatoms. The number of ether oxygens (including phenoxy) is 1. The van der Waals surface area contributed by atoms with Gasteiger partial charge < -0.3 is 9.64 Å². The standard InChI is InChI=1S/C5H6F3N2O/c1-10-3-2-9-4(10)11-5(6,7)8/h2H,3H2,1H3. The van der Waals surface area contributed by atoms with Crippen LogP contribution in [0.25, 0.3) is 0 Å². The number of halogens is 3. The van der Waals surface area contributed by atoms with E-state index in [1.165, 1.54) is 18.5 Å². The molecule has 0 aromatic carbocycles. The highest BCUT2D eigenvalue weighted by Crippen LogP contribution is 2.19. The molecular formula is C5H6F3N2O. The maximum absolute atomic E-state index is 11.5. The molecule has 0 spiro atoms. The number of hydrogen-bond donors (Lipinski definition) is 0. The van der Waals surface area contributed by atoms with Crippen LogP contribution >= 0.6 is 0 Å². The van der Waals surface area contributed by atoms with Gasteiger partial charge in [-0.2, -0.15) is 0 Å². The molecule has 0 unspecified atom stereocenters. The molecule has 1 radical (unpaired) electrons. The van der Waals surface area contributed by atoms with Crippen LogP contribution < -0.4 is 0 Å². The lowest BCUT2D eigenvalue weighted by atomic mass is 10.6. The van der Waals surface area contributed by atoms with Gasteiger partial charge in [0.05, 0.1) is 6.54 Å². The van der Waals surface area contributed by atoms with Crippen LogP contribution in [0.4, 0.5) is 13.2 Å². The largest absolute Gasteiger partial charge is 0.575 e. The second kappa shape index (κ2) is 2.60. The van der Waals surface area contributed by atoms with Crippen molar-refractivity contribution in [1.82, 2.24) is 4.90 Å². The average molecular weight is 167 g/mol. The summed E-state index contributed by atoms with van der Waals surface area (Å²) < 4.78 is 38.2. The molecule has 0 aromatic heterocycles. The van der Waals surface area contributed by atoms with Crippen molar-refractivity contribution >= 4 is 6.02 Å². The summed E-state index contributed by atoms with van der Waals surface area (Å²) in [5.41, 5.74) is 0. The molecule has 0 aliphatic carbocycles. The Kier molecular flexibility index (Phi) is 1.92. The Labute approximate surface area is 61.5 Å². The zero-order valence-electron chi connectivity index (χ0n) is 5.72. The van der Waals surface area contributed by atoms with E-state index in [2.05, 4.69) is 9.73 Å². The van der Waals surface area contributed by atoms with Gasteiger partial charge in [-0.1, -0.05) is 0 Å². The molecule has 3 nitrogen and oxygen atoms in total. The monoisotopic (exact) mass is 167 g/mol. The van der Waals surface area contributed by atoms with E-state index in [0.29, 0.717) is 6.54 Å². The molecule has 1 aliphatic rings. The molecule has 11 heavy (non-hydrogen) atoms. The Morgan fingerprint density at radius 1 is 1.64 bits per heavy atom. The van der Waals surface area contributed by atoms with Crippen molar-refractivity contribution in [2.75, 3.05) is 13.6 Å². The molecular weight excluding hydrogens is 161 g/mol. The highest BCUT2D eigenvalue weighted by molar-refractivity contribution is 5.76. The van der Waals surface area contributed by atoms with Crippen LogP contribution in [-0.4, -0.2) is 30.9 Å². The van der Waals surface area contributed by atoms with Gasteiger partial charge in [-0.3, -0.25) is 0 Å². The van der Waals surface area contributed by atoms with Crippen LogP contribution in [0.15, 0.2) is 4.99 Å². The third-order valence-corrected chi connectivity index (χ3v) is 1.09. The summed E-state index contributed by atoms with van der Waals surface area (Å²) in [5, 5.41) is 0. The van der Waals surface area contributed by atoms with Gasteiger partial charge in [0, 0.05) is 13.6 Å². The van der Waals surface area contributed by atoms with Gasteiger partial charge in [-0.25, -0.2) is 4.99 Å². The smallest absolute Gasteiger partial charge is 0.373 e. The van der Waals surface area contributed by atoms with Crippen LogP contribution in [0, 0.1) is 6.54 Å². The zero-order chi connectivity index (χ0) is 8.48. The van der Waals surface area contributed by atoms with Crippen molar-refractivity contribution in [2.24, 2.45) is 4.99 Å². The summed E-state index contributed by atoms with van der Waals surface area (Å²) in [6, 6.07) is -0.405. The predicted molar refractivity (Wildman–Crippen MR) is 31.5 cm³/mol. The summed E-state index contributed by atoms with van der Waals surface area (Å²) in [7, 11) is 1.47. The molecule has 1 heterocycles. The minimum Gasteiger partial charge on any atom is -0.373 e. The summed E-state index contributed by atoms with van der Waals surface area (Å²) in [6.45, 7) is 1.70. The topological polar surface area (TPSA) is 24.8 Å². The quantitative estimate of drug-likeness (QED) is 0.537. The Hall–Kier alpha value is -0.940. The lowest BCUT2D eigenvalue weighted by Crippen LogP contribution is -2.30. The molecule has 0 fully saturated rings. The fraction of sp³-hybridized carbons (Fsp3) is 0.600. The fourth-order valence-corrected chi connectivity index (χ4v) is 0.626. The first kappa shape index (κ1) is 8.16. The van der Waals surface area contributed by atoms with Crippen LogP contribution in [0.2, 0.25) is 0 Å². The second-order valence-corrected chi connectivity index (χ2v) is 2.02. The van der Waals surface area contributed by atoms with Crippen LogP contribution in [0.5, 0.6) is 0 Å². The molecule has 0 aromatic rings. The summed E-state index contributed by atoms with van der Waals surface area (Å²) >= 11 is 0. The van der Waals surface area contributed by atoms with Crippen LogP contribution in [0.3, 0.4) is 0 Å². The Balaban J connectivity index is 2.49. The number of rotatable bonds is 0. The van der Waals surface area contributed by atoms with Gasteiger partial charge in [0.2, 0.25) is 0 Å². The molecule has 0 bridgehead atoms. The lowest BCUT2D eigenvalue weighted by molar-refractivity contribution is -0.286. The fourth-order valence-electron chi connectivity index (χ4n) is 0.626. The van der Waals surface area contributed by atoms with E-state index in [-0.39, 0.29) is 0 Å². The molecule has 63 valence electrons. The maximum atomic E-state index is 11.5. The highest BCUT2D eigenvalue weighted by Gasteiger charge is 2.35. The number of nitrogens with zero attached hydrogens (tertiary/aromatic N) is 2. The van der Waals surface area contributed by atoms with Crippen molar-refractivity contribution in [2.45, 2.75) is 6.36 Å². The van der Waals surface area contributed by atoms with E-state index in [9.17, 15) is 13.2 Å². The number of likely N-dealkylation sites (N-methyl/N-ethyl adjacent to an activating group) is 1. The predicted octanol–water partition coefficient (Wildman–Crippen LogP) is 0.986. The molecule has 0 saturated carbocycles. The third-order valence-electron chi connectivity index (χ3n) is 1.09. The van der Waals surface area contributed by atoms with Crippen molar-refractivity contribution < 1.29 is 17.9 Å². The Bertz CT molecular complexity index is 177. The molecule has 1 aliphatic heterocycles. The van der Waals surface area contributed by atoms with E-state index in [0.717, 1.165) is 0 Å². The summed E-state index contributed by atoms with van der Waals surface area (Å²) in [6.07, 6.45) is -4.65. The van der Waals surface area contributed by atoms with E-state index in [4.69, 9.17) is 0 Å². The molecule has 0 N–H and O–H groups in total. The number of aliphatic imine (C=N–C) groups is 1. The third kappa shape index (κ3) is 2.28. The first-order valence-electron chi connectivity index (χ1n) is 2.85. The van der Waals surface area contributed by atoms with Gasteiger partial charge in [0.15, 0.2) is 0 Å². The van der Waals surface area contributed by atoms with Gasteiger partial charge in [-0.05, 0) is 0 Å². The first-order chi connectivity index (χ1) is 4.99. The van der Waals surface area contributed by atoms with Crippen molar-refractivity contribution in [3.8, 4) is 0 Å². The van der Waals surface area contributed by atoms with E-state index in [1.54, 1.807) is 0 Å². The Morgan fingerprint density at radius 2 is 2.27 bits per heavy atom. The lowest BCUT2D eigenvalue weighted by Gasteiger charge is -2.14. The van der Waals surface area contributed by atoms with Crippen LogP contribution in [0.1, 0.15) is 0 Å². The van der Waals surface area contributed by atoms with Crippen LogP contribution in [-0.2, 0) is 4.74 Å². The van der Waals surface area contributed by atoms with E-state index >= 15 is 0 Å².